The van der Waals surface area contributed by atoms with E-state index < -0.39 is 30.0 Å². The summed E-state index contributed by atoms with van der Waals surface area (Å²) in [5.74, 6) is -1.26. The number of amides is 1. The Kier molecular flexibility index (Phi) is 7.46. The van der Waals surface area contributed by atoms with E-state index in [1.165, 1.54) is 24.3 Å². The van der Waals surface area contributed by atoms with Crippen molar-refractivity contribution in [2.45, 2.75) is 32.2 Å². The molecular formula is C21H20F3NO5. The number of ether oxygens (including phenoxy) is 2. The first-order chi connectivity index (χ1) is 14.1. The molecule has 1 atom stereocenters. The molecular weight excluding hydrogens is 403 g/mol. The number of carboxylic acid groups (broad SMARTS) is 1. The number of allylic oxidation sites excluding steroid dienone is 1. The first-order valence-electron chi connectivity index (χ1n) is 8.91. The molecule has 6 nitrogen and oxygen atoms in total. The summed E-state index contributed by atoms with van der Waals surface area (Å²) in [6, 6.07) is 9.56. The van der Waals surface area contributed by atoms with Crippen LogP contribution in [0.25, 0.3) is 0 Å². The van der Waals surface area contributed by atoms with Gasteiger partial charge in [-0.05, 0) is 42.0 Å². The topological polar surface area (TPSA) is 84.9 Å². The van der Waals surface area contributed by atoms with Gasteiger partial charge in [0.15, 0.2) is 0 Å². The lowest BCUT2D eigenvalue weighted by molar-refractivity contribution is -0.274. The molecule has 0 aromatic heterocycles. The van der Waals surface area contributed by atoms with Crippen molar-refractivity contribution in [2.24, 2.45) is 0 Å². The number of rotatable bonds is 9. The zero-order valence-corrected chi connectivity index (χ0v) is 16.0. The third-order valence-electron chi connectivity index (χ3n) is 3.97. The van der Waals surface area contributed by atoms with Gasteiger partial charge in [0.05, 0.1) is 5.76 Å². The van der Waals surface area contributed by atoms with Crippen LogP contribution in [0, 0.1) is 0 Å². The third-order valence-corrected chi connectivity index (χ3v) is 3.97. The highest BCUT2D eigenvalue weighted by Gasteiger charge is 2.31. The van der Waals surface area contributed by atoms with Crippen molar-refractivity contribution in [3.8, 4) is 11.5 Å². The van der Waals surface area contributed by atoms with Crippen molar-refractivity contribution < 1.29 is 37.3 Å². The minimum Gasteiger partial charge on any atom is -0.480 e. The van der Waals surface area contributed by atoms with Gasteiger partial charge in [0.1, 0.15) is 17.5 Å². The fourth-order valence-corrected chi connectivity index (χ4v) is 2.42. The van der Waals surface area contributed by atoms with E-state index in [4.69, 9.17) is 4.74 Å². The average molecular weight is 423 g/mol. The maximum atomic E-state index is 12.4. The Balaban J connectivity index is 2.02. The number of halogens is 3. The number of benzene rings is 2. The smallest absolute Gasteiger partial charge is 0.480 e. The van der Waals surface area contributed by atoms with Gasteiger partial charge in [0.25, 0.3) is 5.91 Å². The lowest BCUT2D eigenvalue weighted by Crippen LogP contribution is -2.42. The van der Waals surface area contributed by atoms with Gasteiger partial charge in [0, 0.05) is 18.4 Å². The molecule has 1 amide bonds. The molecule has 0 saturated heterocycles. The van der Waals surface area contributed by atoms with E-state index in [0.29, 0.717) is 23.5 Å². The lowest BCUT2D eigenvalue weighted by Gasteiger charge is -2.15. The summed E-state index contributed by atoms with van der Waals surface area (Å²) < 4.78 is 45.8. The molecule has 0 heterocycles. The first kappa shape index (κ1) is 22.8. The summed E-state index contributed by atoms with van der Waals surface area (Å²) in [4.78, 5) is 23.9. The normalized spacial score (nSPS) is 12.0. The molecule has 0 radical (unpaired) electrons. The number of carbonyl (C=O) groups is 2. The molecule has 2 rings (SSSR count). The van der Waals surface area contributed by atoms with Crippen molar-refractivity contribution in [2.75, 3.05) is 0 Å². The summed E-state index contributed by atoms with van der Waals surface area (Å²) >= 11 is 0. The highest BCUT2D eigenvalue weighted by molar-refractivity contribution is 5.96. The third kappa shape index (κ3) is 7.16. The van der Waals surface area contributed by atoms with Crippen molar-refractivity contribution in [3.05, 3.63) is 72.0 Å². The predicted octanol–water partition coefficient (Wildman–Crippen LogP) is 4.31. The SMILES string of the molecule is C=C(CC)Oc1ccc(C(=O)NC(Cc2ccc(OC(F)(F)F)cc2)C(=O)O)cc1. The number of hydrogen-bond donors (Lipinski definition) is 2. The summed E-state index contributed by atoms with van der Waals surface area (Å²) in [7, 11) is 0. The zero-order chi connectivity index (χ0) is 22.3. The van der Waals surface area contributed by atoms with Crippen LogP contribution in [0.1, 0.15) is 29.3 Å². The first-order valence-corrected chi connectivity index (χ1v) is 8.91. The van der Waals surface area contributed by atoms with E-state index >= 15 is 0 Å². The Morgan fingerprint density at radius 3 is 2.13 bits per heavy atom. The van der Waals surface area contributed by atoms with E-state index in [0.717, 1.165) is 12.1 Å². The fraction of sp³-hybridized carbons (Fsp3) is 0.238. The van der Waals surface area contributed by atoms with Gasteiger partial charge < -0.3 is 19.9 Å². The number of alkyl halides is 3. The van der Waals surface area contributed by atoms with Gasteiger partial charge in [0.2, 0.25) is 0 Å². The monoisotopic (exact) mass is 423 g/mol. The maximum Gasteiger partial charge on any atom is 0.573 e. The molecule has 0 spiro atoms. The van der Waals surface area contributed by atoms with Crippen molar-refractivity contribution >= 4 is 11.9 Å². The number of carbonyl (C=O) groups excluding carboxylic acids is 1. The van der Waals surface area contributed by atoms with Gasteiger partial charge >= 0.3 is 12.3 Å². The van der Waals surface area contributed by atoms with Gasteiger partial charge in [-0.25, -0.2) is 4.79 Å². The molecule has 0 aliphatic heterocycles. The van der Waals surface area contributed by atoms with E-state index in [1.54, 1.807) is 12.1 Å². The van der Waals surface area contributed by atoms with Crippen LogP contribution in [-0.4, -0.2) is 29.4 Å². The Labute approximate surface area is 170 Å². The van der Waals surface area contributed by atoms with Crippen molar-refractivity contribution in [3.63, 3.8) is 0 Å². The summed E-state index contributed by atoms with van der Waals surface area (Å²) in [5.41, 5.74) is 0.642. The van der Waals surface area contributed by atoms with Crippen molar-refractivity contribution in [1.82, 2.24) is 5.32 Å². The van der Waals surface area contributed by atoms with Gasteiger partial charge in [-0.3, -0.25) is 4.79 Å². The molecule has 0 fully saturated rings. The van der Waals surface area contributed by atoms with Crippen molar-refractivity contribution in [1.29, 1.82) is 0 Å². The molecule has 2 aromatic rings. The van der Waals surface area contributed by atoms with Gasteiger partial charge in [-0.15, -0.1) is 13.2 Å². The molecule has 2 aromatic carbocycles. The zero-order valence-electron chi connectivity index (χ0n) is 16.0. The molecule has 0 aliphatic rings. The standard InChI is InChI=1S/C21H20F3NO5/c1-3-13(2)29-16-10-6-15(7-11-16)19(26)25-18(20(27)28)12-14-4-8-17(9-5-14)30-21(22,23)24/h4-11,18H,2-3,12H2,1H3,(H,25,26)(H,27,28). The van der Waals surface area contributed by atoms with Gasteiger partial charge in [-0.1, -0.05) is 25.6 Å². The molecule has 9 heteroatoms. The van der Waals surface area contributed by atoms with Crippen LogP contribution in [0.15, 0.2) is 60.9 Å². The molecule has 2 N–H and O–H groups in total. The fourth-order valence-electron chi connectivity index (χ4n) is 2.42. The molecule has 0 saturated carbocycles. The van der Waals surface area contributed by atoms with Crippen LogP contribution < -0.4 is 14.8 Å². The van der Waals surface area contributed by atoms with E-state index in [9.17, 15) is 27.9 Å². The average Bonchev–Trinajstić information content (AvgIpc) is 2.68. The lowest BCUT2D eigenvalue weighted by atomic mass is 10.1. The Morgan fingerprint density at radius 1 is 1.07 bits per heavy atom. The van der Waals surface area contributed by atoms with Crippen LogP contribution in [0.3, 0.4) is 0 Å². The highest BCUT2D eigenvalue weighted by atomic mass is 19.4. The molecule has 160 valence electrons. The largest absolute Gasteiger partial charge is 0.573 e. The second-order valence-corrected chi connectivity index (χ2v) is 6.28. The van der Waals surface area contributed by atoms with Crippen LogP contribution in [0.4, 0.5) is 13.2 Å². The predicted molar refractivity (Wildman–Crippen MR) is 102 cm³/mol. The minimum absolute atomic E-state index is 0.120. The number of aliphatic carboxylic acids is 1. The summed E-state index contributed by atoms with van der Waals surface area (Å²) in [6.07, 6.45) is -4.31. The number of carboxylic acids is 1. The Morgan fingerprint density at radius 2 is 1.63 bits per heavy atom. The second kappa shape index (κ2) is 9.82. The molecule has 0 bridgehead atoms. The molecule has 0 aliphatic carbocycles. The second-order valence-electron chi connectivity index (χ2n) is 6.28. The van der Waals surface area contributed by atoms with E-state index in [-0.39, 0.29) is 12.0 Å². The van der Waals surface area contributed by atoms with E-state index in [1.807, 2.05) is 6.92 Å². The molecule has 30 heavy (non-hydrogen) atoms. The quantitative estimate of drug-likeness (QED) is 0.587. The van der Waals surface area contributed by atoms with Crippen LogP contribution in [0.2, 0.25) is 0 Å². The summed E-state index contributed by atoms with van der Waals surface area (Å²) in [5, 5.41) is 11.8. The highest BCUT2D eigenvalue weighted by Crippen LogP contribution is 2.23. The summed E-state index contributed by atoms with van der Waals surface area (Å²) in [6.45, 7) is 5.60. The maximum absolute atomic E-state index is 12.4. The number of nitrogens with one attached hydrogen (secondary N) is 1. The Bertz CT molecular complexity index is 892. The van der Waals surface area contributed by atoms with Gasteiger partial charge in [-0.2, -0.15) is 0 Å². The van der Waals surface area contributed by atoms with Crippen LogP contribution in [0.5, 0.6) is 11.5 Å². The minimum atomic E-state index is -4.82. The Hall–Kier alpha value is -3.49. The van der Waals surface area contributed by atoms with Crippen LogP contribution >= 0.6 is 0 Å². The number of hydrogen-bond acceptors (Lipinski definition) is 4. The molecule has 1 unspecified atom stereocenters. The van der Waals surface area contributed by atoms with Crippen LogP contribution in [-0.2, 0) is 11.2 Å². The van der Waals surface area contributed by atoms with E-state index in [2.05, 4.69) is 16.6 Å².